The molecular formula is C34H35NO7. The summed E-state index contributed by atoms with van der Waals surface area (Å²) in [4.78, 5) is 49.0. The molecule has 0 amide bonds. The van der Waals surface area contributed by atoms with Crippen molar-refractivity contribution < 1.29 is 34.1 Å². The minimum Gasteiger partial charge on any atom is -0.486 e. The van der Waals surface area contributed by atoms with Crippen LogP contribution in [-0.2, 0) is 17.8 Å². The summed E-state index contributed by atoms with van der Waals surface area (Å²) >= 11 is 0. The van der Waals surface area contributed by atoms with Gasteiger partial charge in [-0.1, -0.05) is 63.3 Å². The Hall–Kier alpha value is -4.72. The molecule has 0 aliphatic heterocycles. The Kier molecular flexibility index (Phi) is 10.3. The van der Waals surface area contributed by atoms with Crippen LogP contribution in [0.15, 0.2) is 72.9 Å². The lowest BCUT2D eigenvalue weighted by molar-refractivity contribution is -0.121. The molecule has 8 nitrogen and oxygen atoms in total. The van der Waals surface area contributed by atoms with E-state index in [4.69, 9.17) is 9.84 Å². The van der Waals surface area contributed by atoms with Crippen LogP contribution in [-0.4, -0.2) is 44.9 Å². The summed E-state index contributed by atoms with van der Waals surface area (Å²) in [5, 5.41) is 19.0. The van der Waals surface area contributed by atoms with E-state index < -0.39 is 17.7 Å². The summed E-state index contributed by atoms with van der Waals surface area (Å²) in [6.07, 6.45) is 10.0. The van der Waals surface area contributed by atoms with E-state index in [1.165, 1.54) is 80.3 Å². The minimum atomic E-state index is -1.14. The maximum Gasteiger partial charge on any atom is 0.335 e. The fourth-order valence-electron chi connectivity index (χ4n) is 4.92. The van der Waals surface area contributed by atoms with Crippen molar-refractivity contribution in [1.82, 2.24) is 4.57 Å². The first-order valence-electron chi connectivity index (χ1n) is 14.2. The molecule has 4 rings (SSSR count). The quantitative estimate of drug-likeness (QED) is 0.112. The first-order chi connectivity index (χ1) is 20.3. The first kappa shape index (κ1) is 30.2. The smallest absolute Gasteiger partial charge is 0.335 e. The van der Waals surface area contributed by atoms with Crippen molar-refractivity contribution in [3.8, 4) is 5.75 Å². The van der Waals surface area contributed by atoms with Crippen molar-refractivity contribution in [1.29, 1.82) is 0 Å². The zero-order valence-electron chi connectivity index (χ0n) is 23.7. The maximum atomic E-state index is 13.4. The van der Waals surface area contributed by atoms with Crippen molar-refractivity contribution in [2.45, 2.75) is 58.4 Å². The molecule has 1 heterocycles. The number of unbranched alkanes of at least 4 members (excludes halogenated alkanes) is 5. The van der Waals surface area contributed by atoms with Gasteiger partial charge in [0.1, 0.15) is 12.4 Å². The van der Waals surface area contributed by atoms with E-state index in [1.54, 1.807) is 10.6 Å². The Bertz CT molecular complexity index is 1570. The number of carbonyl (C=O) groups excluding carboxylic acids is 2. The van der Waals surface area contributed by atoms with Gasteiger partial charge < -0.3 is 19.5 Å². The van der Waals surface area contributed by atoms with Gasteiger partial charge in [-0.25, -0.2) is 9.59 Å². The predicted octanol–water partition coefficient (Wildman–Crippen LogP) is 6.82. The number of aromatic carboxylic acids is 2. The lowest BCUT2D eigenvalue weighted by Gasteiger charge is -2.08. The summed E-state index contributed by atoms with van der Waals surface area (Å²) in [6, 6.07) is 17.7. The lowest BCUT2D eigenvalue weighted by atomic mass is 10.0. The Labute approximate surface area is 244 Å². The molecular weight excluding hydrogens is 534 g/mol. The number of aromatic nitrogens is 1. The van der Waals surface area contributed by atoms with Crippen molar-refractivity contribution in [2.75, 3.05) is 6.61 Å². The van der Waals surface area contributed by atoms with E-state index in [1.807, 2.05) is 24.3 Å². The van der Waals surface area contributed by atoms with E-state index in [0.717, 1.165) is 12.8 Å². The summed E-state index contributed by atoms with van der Waals surface area (Å²) in [5.74, 6) is -2.30. The molecule has 0 radical (unpaired) electrons. The van der Waals surface area contributed by atoms with Gasteiger partial charge in [0.15, 0.2) is 11.6 Å². The van der Waals surface area contributed by atoms with Crippen molar-refractivity contribution in [3.05, 3.63) is 101 Å². The van der Waals surface area contributed by atoms with Crippen molar-refractivity contribution in [3.63, 3.8) is 0 Å². The Morgan fingerprint density at radius 2 is 1.36 bits per heavy atom. The number of hydrogen-bond acceptors (Lipinski definition) is 5. The minimum absolute atomic E-state index is 0.00475. The van der Waals surface area contributed by atoms with Gasteiger partial charge in [-0.2, -0.15) is 0 Å². The van der Waals surface area contributed by atoms with Crippen LogP contribution in [0.3, 0.4) is 0 Å². The molecule has 0 bridgehead atoms. The van der Waals surface area contributed by atoms with E-state index in [9.17, 15) is 24.3 Å². The number of ether oxygens (including phenoxy) is 1. The molecule has 1 aromatic heterocycles. The average molecular weight is 570 g/mol. The van der Waals surface area contributed by atoms with Crippen LogP contribution in [0.4, 0.5) is 0 Å². The van der Waals surface area contributed by atoms with E-state index >= 15 is 0 Å². The number of carboxylic acids is 2. The normalized spacial score (nSPS) is 11.0. The molecule has 0 saturated carbocycles. The van der Waals surface area contributed by atoms with Gasteiger partial charge in [0.2, 0.25) is 0 Å². The molecule has 0 fully saturated rings. The summed E-state index contributed by atoms with van der Waals surface area (Å²) in [6.45, 7) is 1.97. The average Bonchev–Trinajstić information content (AvgIpc) is 3.35. The van der Waals surface area contributed by atoms with Crippen LogP contribution < -0.4 is 4.74 Å². The fraction of sp³-hybridized carbons (Fsp3) is 0.294. The third-order valence-corrected chi connectivity index (χ3v) is 7.26. The van der Waals surface area contributed by atoms with E-state index in [2.05, 4.69) is 6.92 Å². The molecule has 218 valence electrons. The second-order valence-electron chi connectivity index (χ2n) is 10.4. The Morgan fingerprint density at radius 3 is 2.02 bits per heavy atom. The standard InChI is InChI=1S/C34H35NO7/c1-2-3-4-5-6-7-8-23-9-16-28(17-10-23)42-22-27(36)20-35-21-30(29-19-26(34(40)41)15-18-31(29)35)32(37)24-11-13-25(14-12-24)33(38)39/h9-19,21H,2-8,20,22H2,1H3,(H,38,39)(H,40,41). The van der Waals surface area contributed by atoms with Crippen molar-refractivity contribution in [2.24, 2.45) is 0 Å². The Balaban J connectivity index is 1.43. The highest BCUT2D eigenvalue weighted by Crippen LogP contribution is 2.26. The monoisotopic (exact) mass is 569 g/mol. The van der Waals surface area contributed by atoms with Gasteiger partial charge in [-0.05, 0) is 60.9 Å². The number of carbonyl (C=O) groups is 4. The number of benzene rings is 3. The van der Waals surface area contributed by atoms with Gasteiger partial charge in [-0.3, -0.25) is 9.59 Å². The second kappa shape index (κ2) is 14.3. The molecule has 4 aromatic rings. The fourth-order valence-corrected chi connectivity index (χ4v) is 4.92. The first-order valence-corrected chi connectivity index (χ1v) is 14.2. The molecule has 0 spiro atoms. The Morgan fingerprint density at radius 1 is 0.738 bits per heavy atom. The lowest BCUT2D eigenvalue weighted by Crippen LogP contribution is -2.17. The molecule has 0 unspecified atom stereocenters. The SMILES string of the molecule is CCCCCCCCc1ccc(OCC(=O)Cn2cc(C(=O)c3ccc(C(=O)O)cc3)c3cc(C(=O)O)ccc32)cc1. The van der Waals surface area contributed by atoms with Gasteiger partial charge in [-0.15, -0.1) is 0 Å². The van der Waals surface area contributed by atoms with Crippen LogP contribution in [0.5, 0.6) is 5.75 Å². The summed E-state index contributed by atoms with van der Waals surface area (Å²) in [7, 11) is 0. The highest BCUT2D eigenvalue weighted by molar-refractivity contribution is 6.17. The van der Waals surface area contributed by atoms with Crippen LogP contribution in [0.2, 0.25) is 0 Å². The topological polar surface area (TPSA) is 123 Å². The van der Waals surface area contributed by atoms with E-state index in [-0.39, 0.29) is 41.2 Å². The number of fused-ring (bicyclic) bond motifs is 1. The molecule has 8 heteroatoms. The van der Waals surface area contributed by atoms with Gasteiger partial charge in [0.05, 0.1) is 17.7 Å². The third-order valence-electron chi connectivity index (χ3n) is 7.26. The number of aryl methyl sites for hydroxylation is 1. The second-order valence-corrected chi connectivity index (χ2v) is 10.4. The van der Waals surface area contributed by atoms with Crippen LogP contribution in [0, 0.1) is 0 Å². The number of Topliss-reactive ketones (excluding diaryl/α,β-unsaturated/α-hetero) is 1. The predicted molar refractivity (Wildman–Crippen MR) is 160 cm³/mol. The zero-order chi connectivity index (χ0) is 30.1. The number of carboxylic acid groups (broad SMARTS) is 2. The molecule has 2 N–H and O–H groups in total. The zero-order valence-corrected chi connectivity index (χ0v) is 23.7. The highest BCUT2D eigenvalue weighted by Gasteiger charge is 2.20. The number of nitrogens with zero attached hydrogens (tertiary/aromatic N) is 1. The highest BCUT2D eigenvalue weighted by atomic mass is 16.5. The summed E-state index contributed by atoms with van der Waals surface area (Å²) in [5.41, 5.74) is 2.27. The molecule has 0 aliphatic carbocycles. The maximum absolute atomic E-state index is 13.4. The largest absolute Gasteiger partial charge is 0.486 e. The van der Waals surface area contributed by atoms with Gasteiger partial charge in [0, 0.05) is 28.2 Å². The molecule has 0 aliphatic rings. The van der Waals surface area contributed by atoms with Crippen molar-refractivity contribution >= 4 is 34.4 Å². The molecule has 0 saturated heterocycles. The molecule has 42 heavy (non-hydrogen) atoms. The van der Waals surface area contributed by atoms with Crippen LogP contribution >= 0.6 is 0 Å². The third kappa shape index (κ3) is 7.72. The van der Waals surface area contributed by atoms with Crippen LogP contribution in [0.25, 0.3) is 10.9 Å². The van der Waals surface area contributed by atoms with Crippen LogP contribution in [0.1, 0.15) is 87.6 Å². The number of rotatable bonds is 16. The van der Waals surface area contributed by atoms with Gasteiger partial charge >= 0.3 is 11.9 Å². The van der Waals surface area contributed by atoms with E-state index in [0.29, 0.717) is 16.7 Å². The number of hydrogen-bond donors (Lipinski definition) is 2. The number of ketones is 2. The summed E-state index contributed by atoms with van der Waals surface area (Å²) < 4.78 is 7.33. The molecule has 3 aromatic carbocycles. The molecule has 0 atom stereocenters. The van der Waals surface area contributed by atoms with Gasteiger partial charge in [0.25, 0.3) is 0 Å².